The van der Waals surface area contributed by atoms with E-state index in [1.54, 1.807) is 13.8 Å². The van der Waals surface area contributed by atoms with Crippen LogP contribution in [0, 0.1) is 0 Å². The molecule has 0 aliphatic rings. The van der Waals surface area contributed by atoms with Crippen LogP contribution in [0.3, 0.4) is 0 Å². The Morgan fingerprint density at radius 1 is 1.42 bits per heavy atom. The maximum Gasteiger partial charge on any atom is 0.303 e. The lowest BCUT2D eigenvalue weighted by molar-refractivity contribution is -0.137. The largest absolute Gasteiger partial charge is 0.481 e. The predicted octanol–water partition coefficient (Wildman–Crippen LogP) is 0.674. The van der Waals surface area contributed by atoms with Crippen LogP contribution in [0.5, 0.6) is 0 Å². The minimum atomic E-state index is -3.06. The number of carboxylic acids is 1. The maximum absolute atomic E-state index is 11.1. The Morgan fingerprint density at radius 3 is 2.25 bits per heavy atom. The van der Waals surface area contributed by atoms with Crippen molar-refractivity contribution in [2.45, 2.75) is 31.9 Å². The fourth-order valence-corrected chi connectivity index (χ4v) is 1.68. The number of rotatable bonds is 5. The van der Waals surface area contributed by atoms with E-state index in [1.807, 2.05) is 0 Å². The van der Waals surface area contributed by atoms with Crippen LogP contribution >= 0.6 is 0 Å². The molecule has 0 saturated carbocycles. The van der Waals surface area contributed by atoms with E-state index < -0.39 is 21.1 Å². The minimum Gasteiger partial charge on any atom is -0.481 e. The van der Waals surface area contributed by atoms with Crippen molar-refractivity contribution < 1.29 is 18.3 Å². The minimum absolute atomic E-state index is 0.0308. The first-order valence-electron chi connectivity index (χ1n) is 3.79. The van der Waals surface area contributed by atoms with Gasteiger partial charge in [0.25, 0.3) is 0 Å². The van der Waals surface area contributed by atoms with Gasteiger partial charge in [-0.15, -0.1) is 0 Å². The van der Waals surface area contributed by atoms with Crippen molar-refractivity contribution in [1.29, 1.82) is 0 Å². The van der Waals surface area contributed by atoms with Gasteiger partial charge >= 0.3 is 5.97 Å². The summed E-state index contributed by atoms with van der Waals surface area (Å²) in [5.74, 6) is -0.981. The molecule has 0 radical (unpaired) electrons. The first kappa shape index (κ1) is 11.4. The third-order valence-electron chi connectivity index (χ3n) is 1.54. The van der Waals surface area contributed by atoms with Gasteiger partial charge in [0, 0.05) is 6.42 Å². The summed E-state index contributed by atoms with van der Waals surface area (Å²) >= 11 is 0. The van der Waals surface area contributed by atoms with Gasteiger partial charge in [0.05, 0.1) is 11.0 Å². The third kappa shape index (κ3) is 4.33. The Labute approximate surface area is 72.5 Å². The molecule has 0 heterocycles. The fraction of sp³-hybridized carbons (Fsp3) is 0.857. The summed E-state index contributed by atoms with van der Waals surface area (Å²) < 4.78 is 22.2. The molecule has 12 heavy (non-hydrogen) atoms. The van der Waals surface area contributed by atoms with E-state index in [-0.39, 0.29) is 18.6 Å². The van der Waals surface area contributed by atoms with Gasteiger partial charge in [0.1, 0.15) is 0 Å². The quantitative estimate of drug-likeness (QED) is 0.698. The summed E-state index contributed by atoms with van der Waals surface area (Å²) in [6.07, 6.45) is 0.127. The Kier molecular flexibility index (Phi) is 4.23. The molecule has 0 aromatic rings. The number of carboxylic acid groups (broad SMARTS) is 1. The number of aliphatic carboxylic acids is 1. The van der Waals surface area contributed by atoms with Crippen molar-refractivity contribution in [1.82, 2.24) is 0 Å². The second-order valence-electron chi connectivity index (χ2n) is 2.91. The van der Waals surface area contributed by atoms with Gasteiger partial charge in [-0.05, 0) is 20.3 Å². The molecule has 4 nitrogen and oxygen atoms in total. The zero-order chi connectivity index (χ0) is 9.78. The van der Waals surface area contributed by atoms with E-state index in [0.717, 1.165) is 0 Å². The third-order valence-corrected chi connectivity index (χ3v) is 3.83. The summed E-state index contributed by atoms with van der Waals surface area (Å²) in [5.41, 5.74) is 0. The maximum atomic E-state index is 11.1. The molecule has 0 aliphatic carbocycles. The molecule has 0 bridgehead atoms. The molecule has 72 valence electrons. The van der Waals surface area contributed by atoms with E-state index in [9.17, 15) is 13.2 Å². The highest BCUT2D eigenvalue weighted by molar-refractivity contribution is 7.91. The summed E-state index contributed by atoms with van der Waals surface area (Å²) in [6, 6.07) is 0. The molecule has 5 heteroatoms. The molecule has 0 fully saturated rings. The highest BCUT2D eigenvalue weighted by Crippen LogP contribution is 2.03. The zero-order valence-corrected chi connectivity index (χ0v) is 8.10. The average molecular weight is 194 g/mol. The lowest BCUT2D eigenvalue weighted by Gasteiger charge is -2.05. The second kappa shape index (κ2) is 4.45. The van der Waals surface area contributed by atoms with Crippen LogP contribution < -0.4 is 0 Å². The molecule has 0 unspecified atom stereocenters. The number of carbonyl (C=O) groups is 1. The molecule has 0 aromatic carbocycles. The van der Waals surface area contributed by atoms with Crippen LogP contribution in [0.4, 0.5) is 0 Å². The van der Waals surface area contributed by atoms with Crippen LogP contribution in [0.25, 0.3) is 0 Å². The van der Waals surface area contributed by atoms with Gasteiger partial charge in [-0.25, -0.2) is 8.42 Å². The van der Waals surface area contributed by atoms with Gasteiger partial charge in [0.15, 0.2) is 9.84 Å². The molecular formula is C7H14O4S. The van der Waals surface area contributed by atoms with Gasteiger partial charge in [-0.1, -0.05) is 0 Å². The summed E-state index contributed by atoms with van der Waals surface area (Å²) in [4.78, 5) is 10.1. The lowest BCUT2D eigenvalue weighted by Crippen LogP contribution is -2.18. The van der Waals surface area contributed by atoms with E-state index >= 15 is 0 Å². The number of hydrogen-bond acceptors (Lipinski definition) is 3. The van der Waals surface area contributed by atoms with E-state index in [2.05, 4.69) is 0 Å². The topological polar surface area (TPSA) is 71.4 Å². The Morgan fingerprint density at radius 2 is 1.92 bits per heavy atom. The molecule has 0 rings (SSSR count). The highest BCUT2D eigenvalue weighted by Gasteiger charge is 2.15. The number of sulfone groups is 1. The van der Waals surface area contributed by atoms with Crippen molar-refractivity contribution in [3.63, 3.8) is 0 Å². The van der Waals surface area contributed by atoms with Crippen LogP contribution in [0.2, 0.25) is 0 Å². The van der Waals surface area contributed by atoms with Crippen molar-refractivity contribution >= 4 is 15.8 Å². The Bertz CT molecular complexity index is 240. The smallest absolute Gasteiger partial charge is 0.303 e. The Hall–Kier alpha value is -0.580. The summed E-state index contributed by atoms with van der Waals surface area (Å²) in [6.45, 7) is 3.19. The second-order valence-corrected chi connectivity index (χ2v) is 5.59. The fourth-order valence-electron chi connectivity index (χ4n) is 0.660. The molecule has 0 atom stereocenters. The standard InChI is InChI=1S/C7H14O4S/c1-6(2)12(10,11)5-3-4-7(8)9/h6H,3-5H2,1-2H3,(H,8,9). The lowest BCUT2D eigenvalue weighted by atomic mass is 10.3. The van der Waals surface area contributed by atoms with Gasteiger partial charge < -0.3 is 5.11 Å². The van der Waals surface area contributed by atoms with Crippen molar-refractivity contribution in [2.24, 2.45) is 0 Å². The van der Waals surface area contributed by atoms with E-state index in [0.29, 0.717) is 0 Å². The van der Waals surface area contributed by atoms with Gasteiger partial charge in [0.2, 0.25) is 0 Å². The monoisotopic (exact) mass is 194 g/mol. The Balaban J connectivity index is 3.86. The summed E-state index contributed by atoms with van der Waals surface area (Å²) in [5, 5.41) is 7.84. The van der Waals surface area contributed by atoms with Crippen molar-refractivity contribution in [3.05, 3.63) is 0 Å². The van der Waals surface area contributed by atoms with Crippen LogP contribution in [0.15, 0.2) is 0 Å². The normalized spacial score (nSPS) is 11.9. The van der Waals surface area contributed by atoms with Gasteiger partial charge in [-0.2, -0.15) is 0 Å². The molecule has 0 saturated heterocycles. The zero-order valence-electron chi connectivity index (χ0n) is 7.28. The van der Waals surface area contributed by atoms with Crippen LogP contribution in [-0.4, -0.2) is 30.5 Å². The molecule has 0 spiro atoms. The molecule has 0 amide bonds. The molecule has 1 N–H and O–H groups in total. The first-order chi connectivity index (χ1) is 5.36. The average Bonchev–Trinajstić information content (AvgIpc) is 1.85. The van der Waals surface area contributed by atoms with Crippen molar-refractivity contribution in [3.8, 4) is 0 Å². The molecule has 0 aromatic heterocycles. The predicted molar refractivity (Wildman–Crippen MR) is 45.8 cm³/mol. The van der Waals surface area contributed by atoms with E-state index in [1.165, 1.54) is 0 Å². The summed E-state index contributed by atoms with van der Waals surface area (Å²) in [7, 11) is -3.06. The SMILES string of the molecule is CC(C)S(=O)(=O)CCCC(=O)O. The van der Waals surface area contributed by atoms with Gasteiger partial charge in [-0.3, -0.25) is 4.79 Å². The van der Waals surface area contributed by atoms with Crippen LogP contribution in [-0.2, 0) is 14.6 Å². The van der Waals surface area contributed by atoms with Crippen molar-refractivity contribution in [2.75, 3.05) is 5.75 Å². The highest BCUT2D eigenvalue weighted by atomic mass is 32.2. The number of hydrogen-bond donors (Lipinski definition) is 1. The van der Waals surface area contributed by atoms with Crippen LogP contribution in [0.1, 0.15) is 26.7 Å². The molecule has 0 aliphatic heterocycles. The van der Waals surface area contributed by atoms with E-state index in [4.69, 9.17) is 5.11 Å². The molecular weight excluding hydrogens is 180 g/mol. The first-order valence-corrected chi connectivity index (χ1v) is 5.51.